The molecule has 6 heteroatoms. The molecule has 0 aliphatic heterocycles. The molecule has 0 bridgehead atoms. The summed E-state index contributed by atoms with van der Waals surface area (Å²) in [6, 6.07) is 0. The average Bonchev–Trinajstić information content (AvgIpc) is 3.28. The molecule has 6 nitrogen and oxygen atoms in total. The number of carbonyl (C=O) groups is 3. The molecular formula is C57H104O6. The number of esters is 3. The fraction of sp³-hybridized carbons (Fsp3) is 0.842. The van der Waals surface area contributed by atoms with Gasteiger partial charge < -0.3 is 14.2 Å². The second kappa shape index (κ2) is 52.3. The van der Waals surface area contributed by atoms with Gasteiger partial charge in [-0.1, -0.05) is 250 Å². The van der Waals surface area contributed by atoms with Gasteiger partial charge in [-0.25, -0.2) is 0 Å². The van der Waals surface area contributed by atoms with E-state index in [4.69, 9.17) is 14.2 Å². The summed E-state index contributed by atoms with van der Waals surface area (Å²) >= 11 is 0. The largest absolute Gasteiger partial charge is 0.462 e. The fourth-order valence-electron chi connectivity index (χ4n) is 7.98. The maximum atomic E-state index is 12.8. The zero-order chi connectivity index (χ0) is 45.8. The van der Waals surface area contributed by atoms with E-state index in [1.807, 2.05) is 0 Å². The van der Waals surface area contributed by atoms with Crippen molar-refractivity contribution in [3.05, 3.63) is 36.5 Å². The minimum absolute atomic E-state index is 0.0768. The molecule has 0 spiro atoms. The van der Waals surface area contributed by atoms with Crippen LogP contribution in [0.5, 0.6) is 0 Å². The van der Waals surface area contributed by atoms with Crippen LogP contribution in [0.3, 0.4) is 0 Å². The Morgan fingerprint density at radius 1 is 0.317 bits per heavy atom. The Morgan fingerprint density at radius 2 is 0.571 bits per heavy atom. The van der Waals surface area contributed by atoms with Gasteiger partial charge in [-0.3, -0.25) is 14.4 Å². The zero-order valence-corrected chi connectivity index (χ0v) is 42.1. The quantitative estimate of drug-likeness (QED) is 0.0262. The number of hydrogen-bond donors (Lipinski definition) is 0. The minimum atomic E-state index is -0.779. The molecule has 0 N–H and O–H groups in total. The lowest BCUT2D eigenvalue weighted by molar-refractivity contribution is -0.167. The molecule has 0 amide bonds. The van der Waals surface area contributed by atoms with Crippen molar-refractivity contribution in [3.8, 4) is 0 Å². The van der Waals surface area contributed by atoms with Crippen LogP contribution in [0.4, 0.5) is 0 Å². The van der Waals surface area contributed by atoms with Crippen LogP contribution < -0.4 is 0 Å². The molecular weight excluding hydrogens is 781 g/mol. The molecule has 0 unspecified atom stereocenters. The van der Waals surface area contributed by atoms with E-state index in [1.165, 1.54) is 167 Å². The summed E-state index contributed by atoms with van der Waals surface area (Å²) in [7, 11) is 0. The topological polar surface area (TPSA) is 78.9 Å². The van der Waals surface area contributed by atoms with Crippen LogP contribution >= 0.6 is 0 Å². The molecule has 0 heterocycles. The monoisotopic (exact) mass is 885 g/mol. The normalized spacial score (nSPS) is 12.2. The van der Waals surface area contributed by atoms with E-state index >= 15 is 0 Å². The first-order valence-corrected chi connectivity index (χ1v) is 27.5. The molecule has 368 valence electrons. The van der Waals surface area contributed by atoms with Crippen LogP contribution in [-0.2, 0) is 28.6 Å². The predicted molar refractivity (Wildman–Crippen MR) is 270 cm³/mol. The van der Waals surface area contributed by atoms with E-state index < -0.39 is 6.10 Å². The van der Waals surface area contributed by atoms with Crippen molar-refractivity contribution in [2.24, 2.45) is 0 Å². The van der Waals surface area contributed by atoms with Gasteiger partial charge in [0.25, 0.3) is 0 Å². The van der Waals surface area contributed by atoms with Crippen molar-refractivity contribution in [2.75, 3.05) is 13.2 Å². The smallest absolute Gasteiger partial charge is 0.306 e. The van der Waals surface area contributed by atoms with Gasteiger partial charge in [0, 0.05) is 19.3 Å². The SMILES string of the molecule is CCCCC/C=C\C/C=C\C/C=C\CCCCCCC(=O)O[C@@H](COC(=O)CCCCCCCCCCCCCCC)COC(=O)CCCCCCCCCCCCCCCCC. The van der Waals surface area contributed by atoms with Crippen LogP contribution in [0.25, 0.3) is 0 Å². The lowest BCUT2D eigenvalue weighted by Crippen LogP contribution is -2.30. The van der Waals surface area contributed by atoms with E-state index in [-0.39, 0.29) is 31.1 Å². The van der Waals surface area contributed by atoms with Crippen LogP contribution in [0.1, 0.15) is 290 Å². The van der Waals surface area contributed by atoms with Crippen molar-refractivity contribution in [3.63, 3.8) is 0 Å². The van der Waals surface area contributed by atoms with E-state index in [9.17, 15) is 14.4 Å². The maximum absolute atomic E-state index is 12.8. The van der Waals surface area contributed by atoms with Gasteiger partial charge in [0.05, 0.1) is 0 Å². The fourth-order valence-corrected chi connectivity index (χ4v) is 7.98. The van der Waals surface area contributed by atoms with Gasteiger partial charge in [-0.2, -0.15) is 0 Å². The number of carbonyl (C=O) groups excluding carboxylic acids is 3. The van der Waals surface area contributed by atoms with Gasteiger partial charge in [-0.15, -0.1) is 0 Å². The van der Waals surface area contributed by atoms with E-state index in [2.05, 4.69) is 57.2 Å². The van der Waals surface area contributed by atoms with Gasteiger partial charge in [0.2, 0.25) is 0 Å². The number of allylic oxidation sites excluding steroid dienone is 6. The predicted octanol–water partition coefficient (Wildman–Crippen LogP) is 18.1. The van der Waals surface area contributed by atoms with Gasteiger partial charge >= 0.3 is 17.9 Å². The Balaban J connectivity index is 4.38. The van der Waals surface area contributed by atoms with Crippen molar-refractivity contribution in [1.82, 2.24) is 0 Å². The van der Waals surface area contributed by atoms with Crippen LogP contribution in [0.2, 0.25) is 0 Å². The third-order valence-electron chi connectivity index (χ3n) is 12.1. The summed E-state index contributed by atoms with van der Waals surface area (Å²) in [6.07, 6.45) is 61.2. The van der Waals surface area contributed by atoms with Crippen LogP contribution in [-0.4, -0.2) is 37.2 Å². The molecule has 0 aliphatic rings. The standard InChI is InChI=1S/C57H104O6/c1-4-7-10-13-16-19-22-25-27-28-30-33-36-39-42-45-48-51-57(60)63-54(52-61-55(58)49-46-43-40-37-34-31-24-21-18-15-12-9-6-3)53-62-56(59)50-47-44-41-38-35-32-29-26-23-20-17-14-11-8-5-2/h16,19,25,27,30,33,54H,4-15,17-18,20-24,26,28-29,31-32,34-53H2,1-3H3/b19-16-,27-25-,33-30-/t54-/m0/s1. The summed E-state index contributed by atoms with van der Waals surface area (Å²) in [4.78, 5) is 38.0. The van der Waals surface area contributed by atoms with Gasteiger partial charge in [-0.05, 0) is 57.8 Å². The van der Waals surface area contributed by atoms with Crippen molar-refractivity contribution in [1.29, 1.82) is 0 Å². The second-order valence-electron chi connectivity index (χ2n) is 18.5. The molecule has 0 aromatic carbocycles. The Hall–Kier alpha value is -2.37. The third kappa shape index (κ3) is 50.5. The lowest BCUT2D eigenvalue weighted by Gasteiger charge is -2.18. The minimum Gasteiger partial charge on any atom is -0.462 e. The van der Waals surface area contributed by atoms with Crippen molar-refractivity contribution in [2.45, 2.75) is 297 Å². The Kier molecular flexibility index (Phi) is 50.3. The first kappa shape index (κ1) is 60.6. The summed E-state index contributed by atoms with van der Waals surface area (Å²) in [5.41, 5.74) is 0. The Bertz CT molecular complexity index is 1060. The summed E-state index contributed by atoms with van der Waals surface area (Å²) < 4.78 is 16.8. The number of unbranched alkanes of at least 4 members (excludes halogenated alkanes) is 33. The van der Waals surface area contributed by atoms with Crippen LogP contribution in [0.15, 0.2) is 36.5 Å². The lowest BCUT2D eigenvalue weighted by atomic mass is 10.0. The van der Waals surface area contributed by atoms with Crippen LogP contribution in [0, 0.1) is 0 Å². The molecule has 0 aromatic heterocycles. The van der Waals surface area contributed by atoms with Crippen molar-refractivity contribution >= 4 is 17.9 Å². The molecule has 0 aliphatic carbocycles. The second-order valence-corrected chi connectivity index (χ2v) is 18.5. The highest BCUT2D eigenvalue weighted by Gasteiger charge is 2.19. The van der Waals surface area contributed by atoms with Gasteiger partial charge in [0.15, 0.2) is 6.10 Å². The number of rotatable bonds is 50. The van der Waals surface area contributed by atoms with Gasteiger partial charge in [0.1, 0.15) is 13.2 Å². The molecule has 0 rings (SSSR count). The molecule has 1 atom stereocenters. The summed E-state index contributed by atoms with van der Waals surface area (Å²) in [5, 5.41) is 0. The molecule has 0 saturated carbocycles. The summed E-state index contributed by atoms with van der Waals surface area (Å²) in [5.74, 6) is -0.883. The maximum Gasteiger partial charge on any atom is 0.306 e. The number of hydrogen-bond acceptors (Lipinski definition) is 6. The van der Waals surface area contributed by atoms with E-state index in [0.29, 0.717) is 19.3 Å². The first-order valence-electron chi connectivity index (χ1n) is 27.5. The highest BCUT2D eigenvalue weighted by molar-refractivity contribution is 5.71. The highest BCUT2D eigenvalue weighted by atomic mass is 16.6. The highest BCUT2D eigenvalue weighted by Crippen LogP contribution is 2.16. The molecule has 0 fully saturated rings. The first-order chi connectivity index (χ1) is 31.0. The summed E-state index contributed by atoms with van der Waals surface area (Å²) in [6.45, 7) is 6.62. The molecule has 63 heavy (non-hydrogen) atoms. The van der Waals surface area contributed by atoms with Crippen molar-refractivity contribution < 1.29 is 28.6 Å². The van der Waals surface area contributed by atoms with E-state index in [0.717, 1.165) is 83.5 Å². The Morgan fingerprint density at radius 3 is 0.921 bits per heavy atom. The molecule has 0 saturated heterocycles. The Labute approximate surface area is 391 Å². The zero-order valence-electron chi connectivity index (χ0n) is 42.1. The van der Waals surface area contributed by atoms with E-state index in [1.54, 1.807) is 0 Å². The molecule has 0 radical (unpaired) electrons. The third-order valence-corrected chi connectivity index (χ3v) is 12.1. The number of ether oxygens (including phenoxy) is 3. The molecule has 0 aromatic rings. The average molecular weight is 885 g/mol.